The fraction of sp³-hybridized carbons (Fsp3) is 0.909. The monoisotopic (exact) mass is 237 g/mol. The van der Waals surface area contributed by atoms with Gasteiger partial charge in [0.2, 0.25) is 0 Å². The van der Waals surface area contributed by atoms with Gasteiger partial charge in [0.25, 0.3) is 0 Å². The van der Waals surface area contributed by atoms with E-state index in [2.05, 4.69) is 0 Å². The zero-order chi connectivity index (χ0) is 12.2. The molecule has 0 atom stereocenters. The molecule has 16 heavy (non-hydrogen) atoms. The minimum Gasteiger partial charge on any atom is -0.303 e. The molecule has 5 heteroatoms. The molecule has 0 aromatic heterocycles. The fourth-order valence-corrected chi connectivity index (χ4v) is 2.47. The molecule has 1 aliphatic rings. The number of carbonyl (C=O) groups excluding carboxylic acids is 1. The Hall–Kier alpha value is -0.580. The summed E-state index contributed by atoms with van der Waals surface area (Å²) in [6.45, 7) is -0.724. The van der Waals surface area contributed by atoms with Crippen LogP contribution in [0.5, 0.6) is 0 Å². The molecule has 1 aliphatic carbocycles. The first-order valence-corrected chi connectivity index (χ1v) is 5.59. The molecule has 1 saturated carbocycles. The number of carbonyl (C=O) groups is 1. The summed E-state index contributed by atoms with van der Waals surface area (Å²) in [5.74, 6) is 0. The molecule has 0 bridgehead atoms. The van der Waals surface area contributed by atoms with Gasteiger partial charge in [-0.05, 0) is 19.9 Å². The maximum atomic E-state index is 12.2. The van der Waals surface area contributed by atoms with Crippen LogP contribution in [0, 0.1) is 5.41 Å². The van der Waals surface area contributed by atoms with Crippen molar-refractivity contribution in [2.75, 3.05) is 20.1 Å². The molecule has 0 N–H and O–H groups in total. The maximum Gasteiger partial charge on any atom is 0.401 e. The van der Waals surface area contributed by atoms with Gasteiger partial charge in [0.05, 0.1) is 6.54 Å². The van der Waals surface area contributed by atoms with Gasteiger partial charge < -0.3 is 4.79 Å². The fourth-order valence-electron chi connectivity index (χ4n) is 2.47. The molecule has 94 valence electrons. The predicted octanol–water partition coefficient (Wildman–Crippen LogP) is 2.63. The van der Waals surface area contributed by atoms with Gasteiger partial charge in [-0.25, -0.2) is 0 Å². The summed E-state index contributed by atoms with van der Waals surface area (Å²) in [5, 5.41) is 0. The first-order valence-electron chi connectivity index (χ1n) is 5.59. The number of hydrogen-bond donors (Lipinski definition) is 0. The van der Waals surface area contributed by atoms with Gasteiger partial charge in [-0.15, -0.1) is 0 Å². The highest BCUT2D eigenvalue weighted by Crippen LogP contribution is 2.35. The Bertz CT molecular complexity index is 234. The Morgan fingerprint density at radius 1 is 1.25 bits per heavy atom. The number of alkyl halides is 3. The van der Waals surface area contributed by atoms with Crippen molar-refractivity contribution in [1.82, 2.24) is 4.90 Å². The highest BCUT2D eigenvalue weighted by Gasteiger charge is 2.36. The normalized spacial score (nSPS) is 21.1. The van der Waals surface area contributed by atoms with E-state index in [-0.39, 0.29) is 6.54 Å². The lowest BCUT2D eigenvalue weighted by atomic mass is 9.75. The number of aldehydes is 1. The second-order valence-corrected chi connectivity index (χ2v) is 4.83. The van der Waals surface area contributed by atoms with E-state index in [0.29, 0.717) is 0 Å². The van der Waals surface area contributed by atoms with E-state index >= 15 is 0 Å². The topological polar surface area (TPSA) is 20.3 Å². The van der Waals surface area contributed by atoms with Crippen molar-refractivity contribution in [3.05, 3.63) is 0 Å². The van der Waals surface area contributed by atoms with Gasteiger partial charge in [0.15, 0.2) is 0 Å². The molecule has 0 aliphatic heterocycles. The Morgan fingerprint density at radius 3 is 2.25 bits per heavy atom. The minimum atomic E-state index is -4.19. The number of rotatable bonds is 4. The lowest BCUT2D eigenvalue weighted by molar-refractivity contribution is -0.148. The van der Waals surface area contributed by atoms with E-state index in [9.17, 15) is 18.0 Å². The largest absolute Gasteiger partial charge is 0.401 e. The summed E-state index contributed by atoms with van der Waals surface area (Å²) in [5.41, 5.74) is -0.543. The molecule has 0 heterocycles. The summed E-state index contributed by atoms with van der Waals surface area (Å²) in [6, 6.07) is 0. The van der Waals surface area contributed by atoms with Crippen LogP contribution >= 0.6 is 0 Å². The third-order valence-corrected chi connectivity index (χ3v) is 3.13. The first-order chi connectivity index (χ1) is 7.37. The molecule has 0 spiro atoms. The molecule has 0 aromatic rings. The van der Waals surface area contributed by atoms with Crippen LogP contribution < -0.4 is 0 Å². The summed E-state index contributed by atoms with van der Waals surface area (Å²) in [4.78, 5) is 12.3. The number of hydrogen-bond acceptors (Lipinski definition) is 2. The van der Waals surface area contributed by atoms with Gasteiger partial charge in [0.1, 0.15) is 6.29 Å². The average molecular weight is 237 g/mol. The van der Waals surface area contributed by atoms with E-state index in [1.54, 1.807) is 0 Å². The molecule has 1 fully saturated rings. The van der Waals surface area contributed by atoms with Crippen LogP contribution in [0.15, 0.2) is 0 Å². The van der Waals surface area contributed by atoms with Crippen LogP contribution in [-0.4, -0.2) is 37.5 Å². The highest BCUT2D eigenvalue weighted by molar-refractivity contribution is 5.60. The van der Waals surface area contributed by atoms with Crippen molar-refractivity contribution in [2.45, 2.75) is 38.3 Å². The van der Waals surface area contributed by atoms with E-state index in [1.807, 2.05) is 0 Å². The second kappa shape index (κ2) is 5.17. The minimum absolute atomic E-state index is 0.218. The van der Waals surface area contributed by atoms with Crippen molar-refractivity contribution in [3.63, 3.8) is 0 Å². The van der Waals surface area contributed by atoms with Crippen molar-refractivity contribution < 1.29 is 18.0 Å². The molecule has 0 radical (unpaired) electrons. The van der Waals surface area contributed by atoms with Crippen molar-refractivity contribution >= 4 is 6.29 Å². The van der Waals surface area contributed by atoms with E-state index in [1.165, 1.54) is 11.9 Å². The van der Waals surface area contributed by atoms with Crippen LogP contribution in [0.3, 0.4) is 0 Å². The van der Waals surface area contributed by atoms with Crippen molar-refractivity contribution in [2.24, 2.45) is 5.41 Å². The third kappa shape index (κ3) is 4.12. The van der Waals surface area contributed by atoms with Gasteiger partial charge in [-0.2, -0.15) is 13.2 Å². The zero-order valence-electron chi connectivity index (χ0n) is 9.52. The Labute approximate surface area is 93.8 Å². The lowest BCUT2D eigenvalue weighted by Crippen LogP contribution is -2.42. The van der Waals surface area contributed by atoms with Crippen LogP contribution in [0.25, 0.3) is 0 Å². The van der Waals surface area contributed by atoms with Crippen LogP contribution in [0.1, 0.15) is 32.1 Å². The molecular formula is C11H18F3NO. The molecule has 0 amide bonds. The van der Waals surface area contributed by atoms with E-state index in [0.717, 1.165) is 38.4 Å². The smallest absolute Gasteiger partial charge is 0.303 e. The van der Waals surface area contributed by atoms with Crippen LogP contribution in [0.2, 0.25) is 0 Å². The summed E-state index contributed by atoms with van der Waals surface area (Å²) in [6.07, 6.45) is 1.08. The molecule has 1 rings (SSSR count). The van der Waals surface area contributed by atoms with Crippen LogP contribution in [0.4, 0.5) is 13.2 Å². The quantitative estimate of drug-likeness (QED) is 0.700. The predicted molar refractivity (Wildman–Crippen MR) is 55.1 cm³/mol. The first kappa shape index (κ1) is 13.5. The van der Waals surface area contributed by atoms with E-state index < -0.39 is 18.1 Å². The van der Waals surface area contributed by atoms with Gasteiger partial charge in [-0.1, -0.05) is 19.3 Å². The van der Waals surface area contributed by atoms with Gasteiger partial charge in [-0.3, -0.25) is 4.90 Å². The van der Waals surface area contributed by atoms with Crippen molar-refractivity contribution in [3.8, 4) is 0 Å². The number of halogens is 3. The SMILES string of the molecule is CN(CC(F)(F)F)CC1(C=O)CCCCC1. The Balaban J connectivity index is 2.52. The van der Waals surface area contributed by atoms with Gasteiger partial charge in [0, 0.05) is 12.0 Å². The summed E-state index contributed by atoms with van der Waals surface area (Å²) in [7, 11) is 1.42. The third-order valence-electron chi connectivity index (χ3n) is 3.13. The van der Waals surface area contributed by atoms with Crippen LogP contribution in [-0.2, 0) is 4.79 Å². The lowest BCUT2D eigenvalue weighted by Gasteiger charge is -2.35. The average Bonchev–Trinajstić information content (AvgIpc) is 2.16. The highest BCUT2D eigenvalue weighted by atomic mass is 19.4. The standard InChI is InChI=1S/C11H18F3NO/c1-15(8-11(12,13)14)7-10(9-16)5-3-2-4-6-10/h9H,2-8H2,1H3. The molecule has 0 unspecified atom stereocenters. The Kier molecular flexibility index (Phi) is 4.35. The summed E-state index contributed by atoms with van der Waals surface area (Å²) < 4.78 is 36.5. The summed E-state index contributed by atoms with van der Waals surface area (Å²) >= 11 is 0. The molecule has 0 saturated heterocycles. The molecule has 2 nitrogen and oxygen atoms in total. The molecule has 0 aromatic carbocycles. The maximum absolute atomic E-state index is 12.2. The van der Waals surface area contributed by atoms with Gasteiger partial charge >= 0.3 is 6.18 Å². The number of nitrogens with zero attached hydrogens (tertiary/aromatic N) is 1. The zero-order valence-corrected chi connectivity index (χ0v) is 9.52. The second-order valence-electron chi connectivity index (χ2n) is 4.83. The van der Waals surface area contributed by atoms with Crippen molar-refractivity contribution in [1.29, 1.82) is 0 Å². The Morgan fingerprint density at radius 2 is 1.81 bits per heavy atom. The molecular weight excluding hydrogens is 219 g/mol. The van der Waals surface area contributed by atoms with E-state index in [4.69, 9.17) is 0 Å².